The number of carbonyl (C=O) groups is 1. The van der Waals surface area contributed by atoms with Gasteiger partial charge in [-0.25, -0.2) is 0 Å². The molecule has 0 aliphatic heterocycles. The van der Waals surface area contributed by atoms with Crippen LogP contribution in [0.3, 0.4) is 0 Å². The molecule has 0 heterocycles. The summed E-state index contributed by atoms with van der Waals surface area (Å²) >= 11 is 0. The van der Waals surface area contributed by atoms with Crippen molar-refractivity contribution >= 4 is 5.91 Å². The van der Waals surface area contributed by atoms with E-state index in [2.05, 4.69) is 12.2 Å². The molecule has 0 radical (unpaired) electrons. The van der Waals surface area contributed by atoms with Crippen LogP contribution in [0.5, 0.6) is 0 Å². The topological polar surface area (TPSA) is 38.3 Å². The molecule has 0 spiro atoms. The second-order valence-corrected chi connectivity index (χ2v) is 4.51. The summed E-state index contributed by atoms with van der Waals surface area (Å²) < 4.78 is 4.79. The van der Waals surface area contributed by atoms with Crippen LogP contribution in [0.4, 0.5) is 0 Å². The van der Waals surface area contributed by atoms with E-state index in [0.717, 1.165) is 18.8 Å². The Morgan fingerprint density at radius 1 is 1.33 bits per heavy atom. The quantitative estimate of drug-likeness (QED) is 0.759. The molecule has 1 amide bonds. The van der Waals surface area contributed by atoms with E-state index in [1.807, 2.05) is 0 Å². The van der Waals surface area contributed by atoms with Crippen molar-refractivity contribution in [1.29, 1.82) is 0 Å². The second-order valence-electron chi connectivity index (χ2n) is 4.51. The molecule has 0 bridgehead atoms. The van der Waals surface area contributed by atoms with Crippen LogP contribution in [0.25, 0.3) is 0 Å². The highest BCUT2D eigenvalue weighted by molar-refractivity contribution is 5.77. The summed E-state index contributed by atoms with van der Waals surface area (Å²) in [5.74, 6) is 0.919. The Morgan fingerprint density at radius 2 is 2.00 bits per heavy atom. The Bertz CT molecular complexity index is 186. The van der Waals surface area contributed by atoms with Gasteiger partial charge in [0.15, 0.2) is 0 Å². The second kappa shape index (κ2) is 6.83. The minimum absolute atomic E-state index is 0.0245. The predicted molar refractivity (Wildman–Crippen MR) is 60.7 cm³/mol. The summed E-state index contributed by atoms with van der Waals surface area (Å²) in [6.45, 7) is 2.43. The maximum atomic E-state index is 11.3. The minimum atomic E-state index is 0.0245. The van der Waals surface area contributed by atoms with Crippen molar-refractivity contribution in [3.63, 3.8) is 0 Å². The third-order valence-corrected chi connectivity index (χ3v) is 3.18. The molecule has 0 aromatic carbocycles. The van der Waals surface area contributed by atoms with E-state index in [-0.39, 0.29) is 12.5 Å². The number of ether oxygens (including phenoxy) is 1. The number of rotatable bonds is 5. The highest BCUT2D eigenvalue weighted by Crippen LogP contribution is 2.27. The normalized spacial score (nSPS) is 26.3. The summed E-state index contributed by atoms with van der Waals surface area (Å²) in [4.78, 5) is 11.3. The van der Waals surface area contributed by atoms with Gasteiger partial charge in [0.1, 0.15) is 6.61 Å². The molecule has 1 N–H and O–H groups in total. The Balaban J connectivity index is 2.16. The average molecular weight is 213 g/mol. The van der Waals surface area contributed by atoms with Gasteiger partial charge in [0.25, 0.3) is 0 Å². The fraction of sp³-hybridized carbons (Fsp3) is 0.917. The molecule has 88 valence electrons. The van der Waals surface area contributed by atoms with Crippen LogP contribution in [-0.2, 0) is 9.53 Å². The summed E-state index contributed by atoms with van der Waals surface area (Å²) in [6, 6.07) is 0.390. The van der Waals surface area contributed by atoms with Gasteiger partial charge >= 0.3 is 0 Å². The number of nitrogens with one attached hydrogen (secondary N) is 1. The molecule has 1 fully saturated rings. The molecule has 3 nitrogen and oxygen atoms in total. The molecule has 0 aromatic heterocycles. The van der Waals surface area contributed by atoms with Crippen LogP contribution in [0.2, 0.25) is 0 Å². The number of hydrogen-bond acceptors (Lipinski definition) is 2. The molecule has 0 unspecified atom stereocenters. The molecule has 15 heavy (non-hydrogen) atoms. The van der Waals surface area contributed by atoms with Crippen molar-refractivity contribution in [1.82, 2.24) is 5.32 Å². The van der Waals surface area contributed by atoms with Gasteiger partial charge in [-0.15, -0.1) is 0 Å². The first kappa shape index (κ1) is 12.5. The molecule has 1 aliphatic rings. The van der Waals surface area contributed by atoms with E-state index in [4.69, 9.17) is 4.74 Å². The fourth-order valence-electron chi connectivity index (χ4n) is 2.40. The molecule has 1 rings (SSSR count). The van der Waals surface area contributed by atoms with Crippen LogP contribution in [0.15, 0.2) is 0 Å². The van der Waals surface area contributed by atoms with E-state index >= 15 is 0 Å². The molecule has 1 aliphatic carbocycles. The van der Waals surface area contributed by atoms with Gasteiger partial charge in [0.05, 0.1) is 0 Å². The SMILES string of the molecule is CCCC1CCC(NC(=O)COC)CC1. The summed E-state index contributed by atoms with van der Waals surface area (Å²) in [5.41, 5.74) is 0. The molecule has 1 saturated carbocycles. The van der Waals surface area contributed by atoms with Gasteiger partial charge in [-0.05, 0) is 31.6 Å². The lowest BCUT2D eigenvalue weighted by molar-refractivity contribution is -0.125. The number of hydrogen-bond donors (Lipinski definition) is 1. The van der Waals surface area contributed by atoms with E-state index in [1.54, 1.807) is 7.11 Å². The fourth-order valence-corrected chi connectivity index (χ4v) is 2.40. The Kier molecular flexibility index (Phi) is 5.69. The number of methoxy groups -OCH3 is 1. The zero-order valence-corrected chi connectivity index (χ0v) is 9.92. The minimum Gasteiger partial charge on any atom is -0.375 e. The number of amides is 1. The van der Waals surface area contributed by atoms with Gasteiger partial charge in [0.2, 0.25) is 5.91 Å². The molecule has 0 saturated heterocycles. The zero-order chi connectivity index (χ0) is 11.1. The summed E-state index contributed by atoms with van der Waals surface area (Å²) in [5, 5.41) is 3.02. The van der Waals surface area contributed by atoms with Gasteiger partial charge in [-0.1, -0.05) is 19.8 Å². The largest absolute Gasteiger partial charge is 0.375 e. The smallest absolute Gasteiger partial charge is 0.246 e. The Hall–Kier alpha value is -0.570. The third kappa shape index (κ3) is 4.65. The first-order valence-corrected chi connectivity index (χ1v) is 6.04. The van der Waals surface area contributed by atoms with Gasteiger partial charge < -0.3 is 10.1 Å². The monoisotopic (exact) mass is 213 g/mol. The van der Waals surface area contributed by atoms with Crippen LogP contribution in [-0.4, -0.2) is 25.7 Å². The van der Waals surface area contributed by atoms with E-state index in [1.165, 1.54) is 25.7 Å². The first-order valence-electron chi connectivity index (χ1n) is 6.04. The standard InChI is InChI=1S/C12H23NO2/c1-3-4-10-5-7-11(8-6-10)13-12(14)9-15-2/h10-11H,3-9H2,1-2H3,(H,13,14). The maximum absolute atomic E-state index is 11.3. The Labute approximate surface area is 92.6 Å². The molecular formula is C12H23NO2. The third-order valence-electron chi connectivity index (χ3n) is 3.18. The zero-order valence-electron chi connectivity index (χ0n) is 9.92. The molecule has 0 aromatic rings. The summed E-state index contributed by atoms with van der Waals surface area (Å²) in [6.07, 6.45) is 7.45. The lowest BCUT2D eigenvalue weighted by atomic mass is 9.83. The van der Waals surface area contributed by atoms with Crippen LogP contribution >= 0.6 is 0 Å². The van der Waals surface area contributed by atoms with Crippen molar-refractivity contribution in [3.8, 4) is 0 Å². The maximum Gasteiger partial charge on any atom is 0.246 e. The van der Waals surface area contributed by atoms with Crippen LogP contribution < -0.4 is 5.32 Å². The van der Waals surface area contributed by atoms with Crippen molar-refractivity contribution in [2.45, 2.75) is 51.5 Å². The first-order chi connectivity index (χ1) is 7.26. The predicted octanol–water partition coefficient (Wildman–Crippen LogP) is 2.11. The van der Waals surface area contributed by atoms with Gasteiger partial charge in [0, 0.05) is 13.2 Å². The number of carbonyl (C=O) groups excluding carboxylic acids is 1. The van der Waals surface area contributed by atoms with Crippen molar-refractivity contribution in [2.24, 2.45) is 5.92 Å². The van der Waals surface area contributed by atoms with Crippen LogP contribution in [0.1, 0.15) is 45.4 Å². The van der Waals surface area contributed by atoms with E-state index in [0.29, 0.717) is 6.04 Å². The van der Waals surface area contributed by atoms with Crippen molar-refractivity contribution in [2.75, 3.05) is 13.7 Å². The van der Waals surface area contributed by atoms with Crippen molar-refractivity contribution < 1.29 is 9.53 Å². The average Bonchev–Trinajstić information content (AvgIpc) is 2.22. The van der Waals surface area contributed by atoms with Crippen molar-refractivity contribution in [3.05, 3.63) is 0 Å². The molecular weight excluding hydrogens is 190 g/mol. The highest BCUT2D eigenvalue weighted by Gasteiger charge is 2.21. The van der Waals surface area contributed by atoms with Crippen LogP contribution in [0, 0.1) is 5.92 Å². The summed E-state index contributed by atoms with van der Waals surface area (Å²) in [7, 11) is 1.55. The Morgan fingerprint density at radius 3 is 2.53 bits per heavy atom. The van der Waals surface area contributed by atoms with E-state index in [9.17, 15) is 4.79 Å². The molecule has 3 heteroatoms. The van der Waals surface area contributed by atoms with Gasteiger partial charge in [-0.2, -0.15) is 0 Å². The lowest BCUT2D eigenvalue weighted by Crippen LogP contribution is -2.39. The van der Waals surface area contributed by atoms with Gasteiger partial charge in [-0.3, -0.25) is 4.79 Å². The highest BCUT2D eigenvalue weighted by atomic mass is 16.5. The molecule has 0 atom stereocenters. The lowest BCUT2D eigenvalue weighted by Gasteiger charge is -2.28. The van der Waals surface area contributed by atoms with E-state index < -0.39 is 0 Å².